The molecule has 2 rings (SSSR count). The molecule has 0 aromatic carbocycles. The van der Waals surface area contributed by atoms with Crippen LogP contribution in [0.3, 0.4) is 0 Å². The molecule has 0 bridgehead atoms. The van der Waals surface area contributed by atoms with Gasteiger partial charge >= 0.3 is 0 Å². The highest BCUT2D eigenvalue weighted by Gasteiger charge is 2.28. The molecule has 0 aliphatic carbocycles. The molecule has 0 saturated carbocycles. The van der Waals surface area contributed by atoms with Crippen molar-refractivity contribution in [3.05, 3.63) is 0 Å². The van der Waals surface area contributed by atoms with Gasteiger partial charge in [0.2, 0.25) is 11.8 Å². The summed E-state index contributed by atoms with van der Waals surface area (Å²) in [5, 5.41) is 2.75. The van der Waals surface area contributed by atoms with Gasteiger partial charge < -0.3 is 10.2 Å². The van der Waals surface area contributed by atoms with Crippen molar-refractivity contribution in [2.24, 2.45) is 5.92 Å². The highest BCUT2D eigenvalue weighted by molar-refractivity contribution is 7.91. The Bertz CT molecular complexity index is 475. The lowest BCUT2D eigenvalue weighted by atomic mass is 10.1. The Morgan fingerprint density at radius 3 is 2.80 bits per heavy atom. The van der Waals surface area contributed by atoms with Gasteiger partial charge in [-0.15, -0.1) is 0 Å². The lowest BCUT2D eigenvalue weighted by Crippen LogP contribution is -2.41. The van der Waals surface area contributed by atoms with Crippen molar-refractivity contribution in [3.8, 4) is 0 Å². The maximum absolute atomic E-state index is 11.8. The van der Waals surface area contributed by atoms with Gasteiger partial charge in [0.05, 0.1) is 18.1 Å². The Morgan fingerprint density at radius 1 is 1.30 bits per heavy atom. The Balaban J connectivity index is 1.73. The van der Waals surface area contributed by atoms with Gasteiger partial charge in [0.25, 0.3) is 0 Å². The van der Waals surface area contributed by atoms with Crippen LogP contribution < -0.4 is 5.32 Å². The largest absolute Gasteiger partial charge is 0.354 e. The second kappa shape index (κ2) is 6.56. The van der Waals surface area contributed by atoms with Crippen LogP contribution in [0, 0.1) is 5.92 Å². The molecule has 1 atom stereocenters. The zero-order valence-corrected chi connectivity index (χ0v) is 12.5. The van der Waals surface area contributed by atoms with E-state index in [9.17, 15) is 18.0 Å². The van der Waals surface area contributed by atoms with Gasteiger partial charge in [0, 0.05) is 19.5 Å². The molecule has 6 nitrogen and oxygen atoms in total. The van der Waals surface area contributed by atoms with Crippen LogP contribution in [0.25, 0.3) is 0 Å². The fourth-order valence-corrected chi connectivity index (χ4v) is 4.59. The van der Waals surface area contributed by atoms with Crippen molar-refractivity contribution in [3.63, 3.8) is 0 Å². The van der Waals surface area contributed by atoms with E-state index in [-0.39, 0.29) is 35.8 Å². The first-order valence-corrected chi connectivity index (χ1v) is 9.03. The van der Waals surface area contributed by atoms with Crippen LogP contribution in [-0.4, -0.2) is 56.3 Å². The smallest absolute Gasteiger partial charge is 0.239 e. The van der Waals surface area contributed by atoms with Crippen molar-refractivity contribution in [1.82, 2.24) is 10.2 Å². The first kappa shape index (κ1) is 15.3. The summed E-state index contributed by atoms with van der Waals surface area (Å²) in [6, 6.07) is 0. The number of likely N-dealkylation sites (tertiary alicyclic amines) is 1. The lowest BCUT2D eigenvalue weighted by molar-refractivity contribution is -0.135. The van der Waals surface area contributed by atoms with E-state index < -0.39 is 9.84 Å². The van der Waals surface area contributed by atoms with Crippen LogP contribution in [0.2, 0.25) is 0 Å². The van der Waals surface area contributed by atoms with Crippen LogP contribution in [0.4, 0.5) is 0 Å². The van der Waals surface area contributed by atoms with E-state index in [1.165, 1.54) is 0 Å². The SMILES string of the molecule is O=C(CN1CCCCCC1=O)NCC1CCS(=O)(=O)C1. The summed E-state index contributed by atoms with van der Waals surface area (Å²) in [7, 11) is -2.90. The van der Waals surface area contributed by atoms with E-state index in [0.717, 1.165) is 19.3 Å². The number of nitrogens with zero attached hydrogens (tertiary/aromatic N) is 1. The maximum atomic E-state index is 11.8. The van der Waals surface area contributed by atoms with Crippen molar-refractivity contribution >= 4 is 21.7 Å². The summed E-state index contributed by atoms with van der Waals surface area (Å²) >= 11 is 0. The number of amides is 2. The summed E-state index contributed by atoms with van der Waals surface area (Å²) in [5.74, 6) is 0.253. The number of carbonyl (C=O) groups excluding carboxylic acids is 2. The third-order valence-corrected chi connectivity index (χ3v) is 5.76. The molecular weight excluding hydrogens is 280 g/mol. The van der Waals surface area contributed by atoms with Gasteiger partial charge in [-0.2, -0.15) is 0 Å². The molecule has 20 heavy (non-hydrogen) atoms. The molecule has 0 aromatic rings. The molecule has 2 saturated heterocycles. The van der Waals surface area contributed by atoms with Crippen molar-refractivity contribution in [1.29, 1.82) is 0 Å². The van der Waals surface area contributed by atoms with Crippen molar-refractivity contribution in [2.45, 2.75) is 32.1 Å². The van der Waals surface area contributed by atoms with Gasteiger partial charge in [-0.3, -0.25) is 9.59 Å². The normalized spacial score (nSPS) is 26.3. The van der Waals surface area contributed by atoms with Crippen LogP contribution in [0.5, 0.6) is 0 Å². The zero-order chi connectivity index (χ0) is 14.6. The summed E-state index contributed by atoms with van der Waals surface area (Å²) in [6.45, 7) is 1.13. The standard InChI is InChI=1S/C13H22N2O4S/c16-12(9-15-6-3-1-2-4-13(15)17)14-8-11-5-7-20(18,19)10-11/h11H,1-10H2,(H,14,16). The van der Waals surface area contributed by atoms with Crippen LogP contribution in [0.1, 0.15) is 32.1 Å². The predicted molar refractivity (Wildman–Crippen MR) is 74.8 cm³/mol. The molecule has 114 valence electrons. The Labute approximate surface area is 119 Å². The second-order valence-electron chi connectivity index (χ2n) is 5.70. The second-order valence-corrected chi connectivity index (χ2v) is 7.93. The number of hydrogen-bond donors (Lipinski definition) is 1. The van der Waals surface area contributed by atoms with Crippen LogP contribution in [-0.2, 0) is 19.4 Å². The van der Waals surface area contributed by atoms with Gasteiger partial charge in [-0.05, 0) is 25.2 Å². The van der Waals surface area contributed by atoms with Gasteiger partial charge in [0.15, 0.2) is 9.84 Å². The first-order chi connectivity index (χ1) is 9.46. The van der Waals surface area contributed by atoms with E-state index in [0.29, 0.717) is 25.9 Å². The number of hydrogen-bond acceptors (Lipinski definition) is 4. The minimum absolute atomic E-state index is 0.0174. The Hall–Kier alpha value is -1.11. The third-order valence-electron chi connectivity index (χ3n) is 3.92. The number of sulfone groups is 1. The number of rotatable bonds is 4. The van der Waals surface area contributed by atoms with E-state index >= 15 is 0 Å². The molecular formula is C13H22N2O4S. The van der Waals surface area contributed by atoms with Gasteiger partial charge in [0.1, 0.15) is 0 Å². The molecule has 1 unspecified atom stereocenters. The maximum Gasteiger partial charge on any atom is 0.239 e. The van der Waals surface area contributed by atoms with Crippen LogP contribution in [0.15, 0.2) is 0 Å². The molecule has 1 N–H and O–H groups in total. The van der Waals surface area contributed by atoms with E-state index in [1.807, 2.05) is 0 Å². The number of nitrogens with one attached hydrogen (secondary N) is 1. The predicted octanol–water partition coefficient (Wildman–Crippen LogP) is -0.0601. The first-order valence-electron chi connectivity index (χ1n) is 7.21. The quantitative estimate of drug-likeness (QED) is 0.788. The van der Waals surface area contributed by atoms with Gasteiger partial charge in [-0.25, -0.2) is 8.42 Å². The van der Waals surface area contributed by atoms with Crippen molar-refractivity contribution < 1.29 is 18.0 Å². The molecule has 7 heteroatoms. The molecule has 0 aromatic heterocycles. The zero-order valence-electron chi connectivity index (χ0n) is 11.6. The van der Waals surface area contributed by atoms with Crippen molar-refractivity contribution in [2.75, 3.05) is 31.1 Å². The highest BCUT2D eigenvalue weighted by atomic mass is 32.2. The number of carbonyl (C=O) groups is 2. The summed E-state index contributed by atoms with van der Waals surface area (Å²) < 4.78 is 22.6. The van der Waals surface area contributed by atoms with Gasteiger partial charge in [-0.1, -0.05) is 6.42 Å². The topological polar surface area (TPSA) is 83.6 Å². The molecule has 0 radical (unpaired) electrons. The summed E-state index contributed by atoms with van der Waals surface area (Å²) in [5.41, 5.74) is 0. The molecule has 2 heterocycles. The fourth-order valence-electron chi connectivity index (χ4n) is 2.73. The van der Waals surface area contributed by atoms with E-state index in [4.69, 9.17) is 0 Å². The fraction of sp³-hybridized carbons (Fsp3) is 0.846. The molecule has 0 spiro atoms. The molecule has 2 fully saturated rings. The average Bonchev–Trinajstić information content (AvgIpc) is 2.61. The lowest BCUT2D eigenvalue weighted by Gasteiger charge is -2.20. The van der Waals surface area contributed by atoms with E-state index in [1.54, 1.807) is 4.90 Å². The monoisotopic (exact) mass is 302 g/mol. The minimum atomic E-state index is -2.90. The molecule has 2 aliphatic rings. The molecule has 2 amide bonds. The minimum Gasteiger partial charge on any atom is -0.354 e. The van der Waals surface area contributed by atoms with Crippen LogP contribution >= 0.6 is 0 Å². The average molecular weight is 302 g/mol. The van der Waals surface area contributed by atoms with E-state index in [2.05, 4.69) is 5.32 Å². The Kier molecular flexibility index (Phi) is 5.01. The summed E-state index contributed by atoms with van der Waals surface area (Å²) in [6.07, 6.45) is 4.01. The third kappa shape index (κ3) is 4.47. The molecule has 2 aliphatic heterocycles. The Morgan fingerprint density at radius 2 is 2.10 bits per heavy atom. The highest BCUT2D eigenvalue weighted by Crippen LogP contribution is 2.17. The summed E-state index contributed by atoms with van der Waals surface area (Å²) in [4.78, 5) is 25.2.